The van der Waals surface area contributed by atoms with Gasteiger partial charge in [-0.2, -0.15) is 0 Å². The van der Waals surface area contributed by atoms with Gasteiger partial charge in [-0.3, -0.25) is 0 Å². The Kier molecular flexibility index (Phi) is 5.08. The lowest BCUT2D eigenvalue weighted by atomic mass is 9.99. The third kappa shape index (κ3) is 4.11. The van der Waals surface area contributed by atoms with E-state index in [1.165, 1.54) is 33.4 Å². The van der Waals surface area contributed by atoms with Gasteiger partial charge in [0.25, 0.3) is 0 Å². The van der Waals surface area contributed by atoms with Crippen molar-refractivity contribution in [1.29, 1.82) is 0 Å². The first-order valence-electron chi connectivity index (χ1n) is 8.30. The molecule has 3 rings (SSSR count). The summed E-state index contributed by atoms with van der Waals surface area (Å²) >= 11 is 0. The van der Waals surface area contributed by atoms with Crippen molar-refractivity contribution in [1.82, 2.24) is 0 Å². The summed E-state index contributed by atoms with van der Waals surface area (Å²) in [4.78, 5) is 0. The quantitative estimate of drug-likeness (QED) is 0.464. The molecule has 0 saturated carbocycles. The summed E-state index contributed by atoms with van der Waals surface area (Å²) in [5.74, 6) is 0. The fourth-order valence-corrected chi connectivity index (χ4v) is 2.76. The van der Waals surface area contributed by atoms with Gasteiger partial charge in [0, 0.05) is 0 Å². The zero-order valence-corrected chi connectivity index (χ0v) is 14.2. The fraction of sp³-hybridized carbons (Fsp3) is 0.0833. The molecule has 0 fully saturated rings. The number of rotatable bonds is 4. The van der Waals surface area contributed by atoms with Crippen molar-refractivity contribution < 1.29 is 0 Å². The average Bonchev–Trinajstić information content (AvgIpc) is 2.63. The molecule has 0 heteroatoms. The molecule has 0 nitrogen and oxygen atoms in total. The van der Waals surface area contributed by atoms with Gasteiger partial charge in [0.1, 0.15) is 0 Å². The monoisotopic (exact) mass is 310 g/mol. The SMILES string of the molecule is CC(=Cc1ccccc1)c1ccc(C(C)=Cc2ccccc2)cc1. The van der Waals surface area contributed by atoms with Crippen molar-refractivity contribution in [2.24, 2.45) is 0 Å². The molecule has 3 aromatic rings. The zero-order valence-electron chi connectivity index (χ0n) is 14.2. The van der Waals surface area contributed by atoms with Gasteiger partial charge in [0.15, 0.2) is 0 Å². The highest BCUT2D eigenvalue weighted by Crippen LogP contribution is 2.22. The van der Waals surface area contributed by atoms with Crippen molar-refractivity contribution in [3.63, 3.8) is 0 Å². The molecule has 0 spiro atoms. The van der Waals surface area contributed by atoms with Crippen LogP contribution in [0.25, 0.3) is 23.3 Å². The molecule has 118 valence electrons. The van der Waals surface area contributed by atoms with Crippen LogP contribution >= 0.6 is 0 Å². The Morgan fingerprint density at radius 3 is 1.17 bits per heavy atom. The van der Waals surface area contributed by atoms with Crippen LogP contribution in [0, 0.1) is 0 Å². The maximum Gasteiger partial charge on any atom is -0.0227 e. The van der Waals surface area contributed by atoms with Crippen molar-refractivity contribution in [3.8, 4) is 0 Å². The van der Waals surface area contributed by atoms with E-state index in [0.29, 0.717) is 0 Å². The van der Waals surface area contributed by atoms with E-state index in [1.807, 2.05) is 12.1 Å². The van der Waals surface area contributed by atoms with E-state index < -0.39 is 0 Å². The first kappa shape index (κ1) is 16.0. The first-order valence-corrected chi connectivity index (χ1v) is 8.30. The second-order valence-corrected chi connectivity index (χ2v) is 6.05. The molecule has 0 aromatic heterocycles. The van der Waals surface area contributed by atoms with Crippen LogP contribution in [0.5, 0.6) is 0 Å². The molecule has 0 bridgehead atoms. The van der Waals surface area contributed by atoms with Crippen molar-refractivity contribution in [2.45, 2.75) is 13.8 Å². The number of allylic oxidation sites excluding steroid dienone is 2. The standard InChI is InChI=1S/C24H22/c1-19(17-21-9-5-3-6-10-21)23-13-15-24(16-14-23)20(2)18-22-11-7-4-8-12-22/h3-18H,1-2H3. The Balaban J connectivity index is 1.80. The van der Waals surface area contributed by atoms with Crippen LogP contribution in [0.4, 0.5) is 0 Å². The summed E-state index contributed by atoms with van der Waals surface area (Å²) in [6.45, 7) is 4.32. The summed E-state index contributed by atoms with van der Waals surface area (Å²) in [6, 6.07) is 29.7. The third-order valence-electron chi connectivity index (χ3n) is 4.16. The smallest absolute Gasteiger partial charge is 0.0227 e. The lowest BCUT2D eigenvalue weighted by Gasteiger charge is -2.06. The van der Waals surface area contributed by atoms with Crippen LogP contribution in [0.2, 0.25) is 0 Å². The Hall–Kier alpha value is -2.86. The van der Waals surface area contributed by atoms with Crippen LogP contribution in [0.15, 0.2) is 84.9 Å². The summed E-state index contributed by atoms with van der Waals surface area (Å²) in [5, 5.41) is 0. The molecule has 0 N–H and O–H groups in total. The van der Waals surface area contributed by atoms with E-state index >= 15 is 0 Å². The molecule has 0 unspecified atom stereocenters. The summed E-state index contributed by atoms with van der Waals surface area (Å²) < 4.78 is 0. The van der Waals surface area contributed by atoms with Crippen LogP contribution in [-0.4, -0.2) is 0 Å². The maximum atomic E-state index is 2.22. The Morgan fingerprint density at radius 2 is 0.833 bits per heavy atom. The van der Waals surface area contributed by atoms with Crippen molar-refractivity contribution in [3.05, 3.63) is 107 Å². The minimum absolute atomic E-state index is 1.24. The topological polar surface area (TPSA) is 0 Å². The number of hydrogen-bond donors (Lipinski definition) is 0. The van der Waals surface area contributed by atoms with E-state index in [2.05, 4.69) is 98.8 Å². The molecule has 0 heterocycles. The van der Waals surface area contributed by atoms with Crippen LogP contribution in [-0.2, 0) is 0 Å². The van der Waals surface area contributed by atoms with Gasteiger partial charge >= 0.3 is 0 Å². The van der Waals surface area contributed by atoms with Gasteiger partial charge in [-0.25, -0.2) is 0 Å². The highest BCUT2D eigenvalue weighted by atomic mass is 14.0. The first-order chi connectivity index (χ1) is 11.7. The van der Waals surface area contributed by atoms with E-state index in [0.717, 1.165) is 0 Å². The largest absolute Gasteiger partial charge is 0.0622 e. The Morgan fingerprint density at radius 1 is 0.500 bits per heavy atom. The molecule has 0 atom stereocenters. The summed E-state index contributed by atoms with van der Waals surface area (Å²) in [7, 11) is 0. The van der Waals surface area contributed by atoms with Gasteiger partial charge in [0.2, 0.25) is 0 Å². The van der Waals surface area contributed by atoms with Crippen molar-refractivity contribution in [2.75, 3.05) is 0 Å². The number of hydrogen-bond acceptors (Lipinski definition) is 0. The van der Waals surface area contributed by atoms with Crippen molar-refractivity contribution >= 4 is 23.3 Å². The van der Waals surface area contributed by atoms with Gasteiger partial charge < -0.3 is 0 Å². The lowest BCUT2D eigenvalue weighted by molar-refractivity contribution is 1.52. The van der Waals surface area contributed by atoms with Gasteiger partial charge in [-0.15, -0.1) is 0 Å². The second kappa shape index (κ2) is 7.61. The van der Waals surface area contributed by atoms with Crippen LogP contribution in [0.1, 0.15) is 36.1 Å². The van der Waals surface area contributed by atoms with Crippen LogP contribution in [0.3, 0.4) is 0 Å². The summed E-state index contributed by atoms with van der Waals surface area (Å²) in [5.41, 5.74) is 7.54. The van der Waals surface area contributed by atoms with Crippen LogP contribution < -0.4 is 0 Å². The predicted molar refractivity (Wildman–Crippen MR) is 106 cm³/mol. The van der Waals surface area contributed by atoms with E-state index in [1.54, 1.807) is 0 Å². The molecule has 24 heavy (non-hydrogen) atoms. The minimum atomic E-state index is 1.24. The predicted octanol–water partition coefficient (Wildman–Crippen LogP) is 6.81. The normalized spacial score (nSPS) is 12.2. The Labute approximate surface area is 144 Å². The highest BCUT2D eigenvalue weighted by Gasteiger charge is 2.00. The lowest BCUT2D eigenvalue weighted by Crippen LogP contribution is -1.84. The molecule has 0 aliphatic rings. The highest BCUT2D eigenvalue weighted by molar-refractivity contribution is 5.83. The molecule has 3 aromatic carbocycles. The average molecular weight is 310 g/mol. The second-order valence-electron chi connectivity index (χ2n) is 6.05. The maximum absolute atomic E-state index is 2.22. The van der Waals surface area contributed by atoms with E-state index in [-0.39, 0.29) is 0 Å². The van der Waals surface area contributed by atoms with E-state index in [9.17, 15) is 0 Å². The molecule has 0 aliphatic heterocycles. The Bertz CT molecular complexity index is 761. The molecule has 0 aliphatic carbocycles. The molecule has 0 amide bonds. The number of benzene rings is 3. The van der Waals surface area contributed by atoms with Gasteiger partial charge in [0.05, 0.1) is 0 Å². The van der Waals surface area contributed by atoms with Gasteiger partial charge in [-0.1, -0.05) is 97.1 Å². The summed E-state index contributed by atoms with van der Waals surface area (Å²) in [6.07, 6.45) is 4.45. The molecular formula is C24H22. The zero-order chi connectivity index (χ0) is 16.8. The molecular weight excluding hydrogens is 288 g/mol. The van der Waals surface area contributed by atoms with Gasteiger partial charge in [-0.05, 0) is 47.2 Å². The minimum Gasteiger partial charge on any atom is -0.0622 e. The fourth-order valence-electron chi connectivity index (χ4n) is 2.76. The molecule has 0 radical (unpaired) electrons. The molecule has 0 saturated heterocycles. The van der Waals surface area contributed by atoms with E-state index in [4.69, 9.17) is 0 Å². The third-order valence-corrected chi connectivity index (χ3v) is 4.16.